The molecule has 0 saturated carbocycles. The second kappa shape index (κ2) is 3.96. The van der Waals surface area contributed by atoms with Gasteiger partial charge in [-0.1, -0.05) is 29.8 Å². The van der Waals surface area contributed by atoms with E-state index in [0.717, 1.165) is 11.1 Å². The number of H-pyrrole nitrogens is 1. The highest BCUT2D eigenvalue weighted by atomic mass is 32.1. The van der Waals surface area contributed by atoms with Crippen molar-refractivity contribution < 1.29 is 0 Å². The zero-order chi connectivity index (χ0) is 12.7. The normalized spacial score (nSPS) is 10.9. The lowest BCUT2D eigenvalue weighted by Gasteiger charge is -2.00. The Morgan fingerprint density at radius 3 is 2.72 bits per heavy atom. The van der Waals surface area contributed by atoms with Crippen LogP contribution in [0.2, 0.25) is 0 Å². The third-order valence-electron chi connectivity index (χ3n) is 2.82. The third-order valence-corrected chi connectivity index (χ3v) is 3.70. The van der Waals surface area contributed by atoms with Crippen LogP contribution in [0.4, 0.5) is 5.95 Å². The van der Waals surface area contributed by atoms with Gasteiger partial charge in [0.05, 0.1) is 5.39 Å². The number of aromatic nitrogens is 2. The molecule has 0 fully saturated rings. The van der Waals surface area contributed by atoms with Crippen molar-refractivity contribution in [3.05, 3.63) is 45.6 Å². The Labute approximate surface area is 107 Å². The molecular weight excluding hydrogens is 246 g/mol. The number of nitrogens with zero attached hydrogens (tertiary/aromatic N) is 1. The minimum Gasteiger partial charge on any atom is -0.369 e. The number of fused-ring (bicyclic) bond motifs is 1. The largest absolute Gasteiger partial charge is 0.369 e. The lowest BCUT2D eigenvalue weighted by Crippen LogP contribution is -2.10. The zero-order valence-corrected chi connectivity index (χ0v) is 10.5. The molecule has 0 amide bonds. The average Bonchev–Trinajstić information content (AvgIpc) is 2.74. The first-order valence-electron chi connectivity index (χ1n) is 5.49. The third kappa shape index (κ3) is 1.69. The van der Waals surface area contributed by atoms with Crippen molar-refractivity contribution in [1.29, 1.82) is 0 Å². The molecule has 0 aliphatic rings. The fourth-order valence-corrected chi connectivity index (χ4v) is 2.87. The summed E-state index contributed by atoms with van der Waals surface area (Å²) in [5.41, 5.74) is 8.46. The lowest BCUT2D eigenvalue weighted by molar-refractivity contribution is 1.20. The van der Waals surface area contributed by atoms with Crippen LogP contribution in [0.1, 0.15) is 5.56 Å². The van der Waals surface area contributed by atoms with Gasteiger partial charge in [-0.15, -0.1) is 11.3 Å². The average molecular weight is 257 g/mol. The number of aromatic amines is 1. The molecule has 2 aromatic heterocycles. The number of nitrogen functional groups attached to an aromatic ring is 1. The van der Waals surface area contributed by atoms with E-state index in [-0.39, 0.29) is 11.5 Å². The molecule has 18 heavy (non-hydrogen) atoms. The van der Waals surface area contributed by atoms with Crippen LogP contribution >= 0.6 is 11.3 Å². The summed E-state index contributed by atoms with van der Waals surface area (Å²) in [6.45, 7) is 2.03. The number of hydrogen-bond acceptors (Lipinski definition) is 4. The number of hydrogen-bond donors (Lipinski definition) is 2. The summed E-state index contributed by atoms with van der Waals surface area (Å²) in [5, 5.41) is 2.55. The van der Waals surface area contributed by atoms with Gasteiger partial charge in [-0.05, 0) is 12.5 Å². The molecular formula is C13H11N3OS. The molecule has 1 aromatic carbocycles. The first kappa shape index (κ1) is 11.0. The van der Waals surface area contributed by atoms with Crippen LogP contribution in [-0.2, 0) is 0 Å². The van der Waals surface area contributed by atoms with E-state index in [1.807, 2.05) is 36.6 Å². The monoisotopic (exact) mass is 257 g/mol. The maximum atomic E-state index is 12.0. The van der Waals surface area contributed by atoms with Crippen molar-refractivity contribution in [2.75, 3.05) is 5.73 Å². The predicted molar refractivity (Wildman–Crippen MR) is 74.8 cm³/mol. The van der Waals surface area contributed by atoms with Crippen LogP contribution in [0.15, 0.2) is 34.4 Å². The van der Waals surface area contributed by atoms with Crippen LogP contribution in [0.3, 0.4) is 0 Å². The van der Waals surface area contributed by atoms with Crippen LogP contribution in [0, 0.1) is 6.92 Å². The van der Waals surface area contributed by atoms with Crippen molar-refractivity contribution in [2.45, 2.75) is 6.92 Å². The smallest absolute Gasteiger partial charge is 0.261 e. The number of aryl methyl sites for hydroxylation is 1. The SMILES string of the molecule is Cc1ccc(-c2csc3nc(N)[nH]c(=O)c23)cc1. The number of anilines is 1. The summed E-state index contributed by atoms with van der Waals surface area (Å²) in [7, 11) is 0. The van der Waals surface area contributed by atoms with Crippen LogP contribution in [-0.4, -0.2) is 9.97 Å². The minimum atomic E-state index is -0.186. The van der Waals surface area contributed by atoms with Gasteiger partial charge in [0.1, 0.15) is 4.83 Å². The van der Waals surface area contributed by atoms with E-state index < -0.39 is 0 Å². The number of rotatable bonds is 1. The maximum absolute atomic E-state index is 12.0. The van der Waals surface area contributed by atoms with Crippen molar-refractivity contribution >= 4 is 27.5 Å². The second-order valence-electron chi connectivity index (χ2n) is 4.15. The first-order valence-corrected chi connectivity index (χ1v) is 6.37. The molecule has 0 unspecified atom stereocenters. The second-order valence-corrected chi connectivity index (χ2v) is 5.00. The minimum absolute atomic E-state index is 0.157. The van der Waals surface area contributed by atoms with Crippen LogP contribution < -0.4 is 11.3 Å². The lowest BCUT2D eigenvalue weighted by atomic mass is 10.1. The Hall–Kier alpha value is -2.14. The standard InChI is InChI=1S/C13H11N3OS/c1-7-2-4-8(5-3-7)9-6-18-12-10(9)11(17)15-13(14)16-12/h2-6H,1H3,(H3,14,15,16,17). The quantitative estimate of drug-likeness (QED) is 0.703. The molecule has 4 nitrogen and oxygen atoms in total. The van der Waals surface area contributed by atoms with Gasteiger partial charge in [-0.25, -0.2) is 4.98 Å². The maximum Gasteiger partial charge on any atom is 0.261 e. The van der Waals surface area contributed by atoms with E-state index in [1.165, 1.54) is 16.9 Å². The van der Waals surface area contributed by atoms with E-state index in [9.17, 15) is 4.79 Å². The Morgan fingerprint density at radius 2 is 2.00 bits per heavy atom. The Kier molecular flexibility index (Phi) is 2.41. The molecule has 0 radical (unpaired) electrons. The van der Waals surface area contributed by atoms with Gasteiger partial charge in [0, 0.05) is 10.9 Å². The highest BCUT2D eigenvalue weighted by Gasteiger charge is 2.11. The van der Waals surface area contributed by atoms with E-state index in [1.54, 1.807) is 0 Å². The fraction of sp³-hybridized carbons (Fsp3) is 0.0769. The van der Waals surface area contributed by atoms with Gasteiger partial charge < -0.3 is 5.73 Å². The zero-order valence-electron chi connectivity index (χ0n) is 9.73. The number of nitrogens with two attached hydrogens (primary N) is 1. The highest BCUT2D eigenvalue weighted by Crippen LogP contribution is 2.30. The van der Waals surface area contributed by atoms with Gasteiger partial charge in [0.2, 0.25) is 5.95 Å². The molecule has 0 bridgehead atoms. The van der Waals surface area contributed by atoms with Crippen LogP contribution in [0.25, 0.3) is 21.3 Å². The molecule has 3 rings (SSSR count). The van der Waals surface area contributed by atoms with Crippen molar-refractivity contribution in [3.63, 3.8) is 0 Å². The van der Waals surface area contributed by atoms with E-state index in [0.29, 0.717) is 10.2 Å². The van der Waals surface area contributed by atoms with Gasteiger partial charge >= 0.3 is 0 Å². The molecule has 0 atom stereocenters. The van der Waals surface area contributed by atoms with Crippen LogP contribution in [0.5, 0.6) is 0 Å². The van der Waals surface area contributed by atoms with E-state index in [4.69, 9.17) is 5.73 Å². The van der Waals surface area contributed by atoms with Crippen molar-refractivity contribution in [2.24, 2.45) is 0 Å². The molecule has 0 saturated heterocycles. The summed E-state index contributed by atoms with van der Waals surface area (Å²) in [5.74, 6) is 0.157. The number of nitrogens with one attached hydrogen (secondary N) is 1. The molecule has 0 aliphatic carbocycles. The summed E-state index contributed by atoms with van der Waals surface area (Å²) in [4.78, 5) is 19.3. The molecule has 5 heteroatoms. The summed E-state index contributed by atoms with van der Waals surface area (Å²) in [6.07, 6.45) is 0. The van der Waals surface area contributed by atoms with Gasteiger partial charge in [-0.2, -0.15) is 0 Å². The molecule has 0 aliphatic heterocycles. The number of benzene rings is 1. The first-order chi connectivity index (χ1) is 8.65. The fourth-order valence-electron chi connectivity index (χ4n) is 1.91. The Balaban J connectivity index is 2.30. The molecule has 0 spiro atoms. The molecule has 3 aromatic rings. The van der Waals surface area contributed by atoms with Gasteiger partial charge in [-0.3, -0.25) is 9.78 Å². The highest BCUT2D eigenvalue weighted by molar-refractivity contribution is 7.17. The predicted octanol–water partition coefficient (Wildman–Crippen LogP) is 2.54. The molecule has 90 valence electrons. The van der Waals surface area contributed by atoms with Crippen molar-refractivity contribution in [1.82, 2.24) is 9.97 Å². The van der Waals surface area contributed by atoms with E-state index in [2.05, 4.69) is 9.97 Å². The summed E-state index contributed by atoms with van der Waals surface area (Å²) >= 11 is 1.43. The van der Waals surface area contributed by atoms with Crippen molar-refractivity contribution in [3.8, 4) is 11.1 Å². The Bertz CT molecular complexity index is 771. The summed E-state index contributed by atoms with van der Waals surface area (Å²) in [6, 6.07) is 8.06. The molecule has 3 N–H and O–H groups in total. The Morgan fingerprint density at radius 1 is 1.28 bits per heavy atom. The molecule has 2 heterocycles. The van der Waals surface area contributed by atoms with Gasteiger partial charge in [0.15, 0.2) is 0 Å². The van der Waals surface area contributed by atoms with Gasteiger partial charge in [0.25, 0.3) is 5.56 Å². The number of thiophene rings is 1. The summed E-state index contributed by atoms with van der Waals surface area (Å²) < 4.78 is 0. The topological polar surface area (TPSA) is 71.8 Å². The van der Waals surface area contributed by atoms with E-state index >= 15 is 0 Å².